The van der Waals surface area contributed by atoms with E-state index in [1.165, 1.54) is 43.3 Å². The second kappa shape index (κ2) is 6.08. The molecule has 0 radical (unpaired) electrons. The molecule has 3 rings (SSSR count). The summed E-state index contributed by atoms with van der Waals surface area (Å²) in [6, 6.07) is 9.29. The van der Waals surface area contributed by atoms with Gasteiger partial charge >= 0.3 is 6.03 Å². The van der Waals surface area contributed by atoms with E-state index < -0.39 is 41.4 Å². The Morgan fingerprint density at radius 2 is 1.52 bits per heavy atom. The van der Waals surface area contributed by atoms with Gasteiger partial charge < -0.3 is 5.32 Å². The van der Waals surface area contributed by atoms with Crippen molar-refractivity contribution in [3.05, 3.63) is 71.3 Å². The SMILES string of the molecule is CC1(c2ccc(F)cc2)NC(=O)N(CC(=O)c2ccc(F)cc2)C1=O. The molecule has 2 aromatic carbocycles. The van der Waals surface area contributed by atoms with Crippen LogP contribution in [0.4, 0.5) is 13.6 Å². The first-order chi connectivity index (χ1) is 11.8. The molecule has 0 aliphatic carbocycles. The highest BCUT2D eigenvalue weighted by molar-refractivity contribution is 6.11. The van der Waals surface area contributed by atoms with Gasteiger partial charge in [-0.3, -0.25) is 14.5 Å². The summed E-state index contributed by atoms with van der Waals surface area (Å²) in [5, 5.41) is 2.53. The maximum Gasteiger partial charge on any atom is 0.325 e. The first kappa shape index (κ1) is 16.8. The fourth-order valence-electron chi connectivity index (χ4n) is 2.69. The number of carbonyl (C=O) groups excluding carboxylic acids is 3. The van der Waals surface area contributed by atoms with Crippen LogP contribution in [0.3, 0.4) is 0 Å². The van der Waals surface area contributed by atoms with Gasteiger partial charge in [0, 0.05) is 5.56 Å². The minimum atomic E-state index is -1.38. The molecular weight excluding hydrogens is 330 g/mol. The highest BCUT2D eigenvalue weighted by Gasteiger charge is 2.49. The fraction of sp³-hybridized carbons (Fsp3) is 0.167. The number of imide groups is 1. The number of Topliss-reactive ketones (excluding diaryl/α,β-unsaturated/α-hetero) is 1. The van der Waals surface area contributed by atoms with Crippen molar-refractivity contribution in [2.75, 3.05) is 6.54 Å². The standard InChI is InChI=1S/C18H14F2N2O3/c1-18(12-4-8-14(20)9-5-12)16(24)22(17(25)21-18)10-15(23)11-2-6-13(19)7-3-11/h2-9H,10H2,1H3,(H,21,25). The number of halogens is 2. The van der Waals surface area contributed by atoms with Crippen molar-refractivity contribution in [3.8, 4) is 0 Å². The van der Waals surface area contributed by atoms with Crippen LogP contribution in [-0.4, -0.2) is 29.2 Å². The van der Waals surface area contributed by atoms with Gasteiger partial charge in [-0.2, -0.15) is 0 Å². The van der Waals surface area contributed by atoms with E-state index in [4.69, 9.17) is 0 Å². The number of nitrogens with zero attached hydrogens (tertiary/aromatic N) is 1. The monoisotopic (exact) mass is 344 g/mol. The van der Waals surface area contributed by atoms with E-state index in [0.29, 0.717) is 5.56 Å². The van der Waals surface area contributed by atoms with Crippen molar-refractivity contribution < 1.29 is 23.2 Å². The number of benzene rings is 2. The number of urea groups is 1. The van der Waals surface area contributed by atoms with Gasteiger partial charge in [-0.05, 0) is 48.9 Å². The third-order valence-corrected chi connectivity index (χ3v) is 4.16. The van der Waals surface area contributed by atoms with Crippen LogP contribution in [0.15, 0.2) is 48.5 Å². The average Bonchev–Trinajstić information content (AvgIpc) is 2.80. The number of carbonyl (C=O) groups is 3. The Bertz CT molecular complexity index is 850. The van der Waals surface area contributed by atoms with Crippen molar-refractivity contribution in [1.82, 2.24) is 10.2 Å². The molecule has 1 unspecified atom stereocenters. The minimum Gasteiger partial charge on any atom is -0.319 e. The van der Waals surface area contributed by atoms with Crippen LogP contribution in [0.5, 0.6) is 0 Å². The summed E-state index contributed by atoms with van der Waals surface area (Å²) < 4.78 is 26.0. The van der Waals surface area contributed by atoms with E-state index in [2.05, 4.69) is 5.32 Å². The van der Waals surface area contributed by atoms with Gasteiger partial charge in [-0.25, -0.2) is 13.6 Å². The molecule has 1 saturated heterocycles. The first-order valence-corrected chi connectivity index (χ1v) is 7.50. The molecule has 1 heterocycles. The predicted octanol–water partition coefficient (Wildman–Crippen LogP) is 2.61. The second-order valence-corrected chi connectivity index (χ2v) is 5.88. The van der Waals surface area contributed by atoms with Crippen LogP contribution in [-0.2, 0) is 10.3 Å². The van der Waals surface area contributed by atoms with Gasteiger partial charge in [0.2, 0.25) is 0 Å². The summed E-state index contributed by atoms with van der Waals surface area (Å²) in [7, 11) is 0. The molecule has 5 nitrogen and oxygen atoms in total. The van der Waals surface area contributed by atoms with Gasteiger partial charge in [-0.1, -0.05) is 12.1 Å². The minimum absolute atomic E-state index is 0.192. The lowest BCUT2D eigenvalue weighted by Gasteiger charge is -2.22. The van der Waals surface area contributed by atoms with E-state index in [1.54, 1.807) is 0 Å². The summed E-state index contributed by atoms with van der Waals surface area (Å²) in [4.78, 5) is 37.9. The lowest BCUT2D eigenvalue weighted by molar-refractivity contribution is -0.130. The van der Waals surface area contributed by atoms with Crippen LogP contribution >= 0.6 is 0 Å². The normalized spacial score (nSPS) is 19.9. The zero-order chi connectivity index (χ0) is 18.2. The first-order valence-electron chi connectivity index (χ1n) is 7.50. The molecule has 0 aromatic heterocycles. The van der Waals surface area contributed by atoms with E-state index in [9.17, 15) is 23.2 Å². The number of amides is 3. The van der Waals surface area contributed by atoms with E-state index in [-0.39, 0.29) is 5.56 Å². The number of hydrogen-bond donors (Lipinski definition) is 1. The van der Waals surface area contributed by atoms with Crippen molar-refractivity contribution >= 4 is 17.7 Å². The molecule has 0 saturated carbocycles. The summed E-state index contributed by atoms with van der Waals surface area (Å²) in [5.41, 5.74) is -0.783. The quantitative estimate of drug-likeness (QED) is 0.685. The summed E-state index contributed by atoms with van der Waals surface area (Å²) >= 11 is 0. The Balaban J connectivity index is 1.82. The topological polar surface area (TPSA) is 66.5 Å². The lowest BCUT2D eigenvalue weighted by Crippen LogP contribution is -2.41. The summed E-state index contributed by atoms with van der Waals surface area (Å²) in [6.45, 7) is 1.02. The van der Waals surface area contributed by atoms with Crippen molar-refractivity contribution in [3.63, 3.8) is 0 Å². The Morgan fingerprint density at radius 3 is 2.08 bits per heavy atom. The molecule has 1 aliphatic heterocycles. The van der Waals surface area contributed by atoms with Gasteiger partial charge in [-0.15, -0.1) is 0 Å². The number of hydrogen-bond acceptors (Lipinski definition) is 3. The van der Waals surface area contributed by atoms with E-state index >= 15 is 0 Å². The molecule has 3 amide bonds. The van der Waals surface area contributed by atoms with Gasteiger partial charge in [0.05, 0.1) is 6.54 Å². The smallest absolute Gasteiger partial charge is 0.319 e. The largest absolute Gasteiger partial charge is 0.325 e. The van der Waals surface area contributed by atoms with Crippen LogP contribution in [0.2, 0.25) is 0 Å². The Labute approximate surface area is 142 Å². The predicted molar refractivity (Wildman–Crippen MR) is 84.7 cm³/mol. The van der Waals surface area contributed by atoms with Crippen LogP contribution in [0, 0.1) is 11.6 Å². The molecule has 0 bridgehead atoms. The number of rotatable bonds is 4. The lowest BCUT2D eigenvalue weighted by atomic mass is 9.92. The fourth-order valence-corrected chi connectivity index (χ4v) is 2.69. The third kappa shape index (κ3) is 3.00. The van der Waals surface area contributed by atoms with Gasteiger partial charge in [0.25, 0.3) is 5.91 Å². The Hall–Kier alpha value is -3.09. The Kier molecular flexibility index (Phi) is 4.08. The zero-order valence-electron chi connectivity index (χ0n) is 13.3. The number of ketones is 1. The summed E-state index contributed by atoms with van der Waals surface area (Å²) in [6.07, 6.45) is 0. The molecule has 1 N–H and O–H groups in total. The maximum absolute atomic E-state index is 13.1. The average molecular weight is 344 g/mol. The zero-order valence-corrected chi connectivity index (χ0v) is 13.3. The molecule has 25 heavy (non-hydrogen) atoms. The molecule has 128 valence electrons. The number of nitrogens with one attached hydrogen (secondary N) is 1. The molecule has 2 aromatic rings. The maximum atomic E-state index is 13.1. The van der Waals surface area contributed by atoms with Crippen molar-refractivity contribution in [2.45, 2.75) is 12.5 Å². The van der Waals surface area contributed by atoms with E-state index in [1.807, 2.05) is 0 Å². The van der Waals surface area contributed by atoms with Crippen molar-refractivity contribution in [2.24, 2.45) is 0 Å². The highest BCUT2D eigenvalue weighted by atomic mass is 19.1. The van der Waals surface area contributed by atoms with Gasteiger partial charge in [0.15, 0.2) is 5.78 Å². The highest BCUT2D eigenvalue weighted by Crippen LogP contribution is 2.29. The third-order valence-electron chi connectivity index (χ3n) is 4.16. The molecule has 7 heteroatoms. The van der Waals surface area contributed by atoms with E-state index in [0.717, 1.165) is 17.0 Å². The van der Waals surface area contributed by atoms with Crippen LogP contribution in [0.25, 0.3) is 0 Å². The van der Waals surface area contributed by atoms with Crippen LogP contribution < -0.4 is 5.32 Å². The Morgan fingerprint density at radius 1 is 1.00 bits per heavy atom. The molecule has 1 atom stereocenters. The molecule has 1 fully saturated rings. The van der Waals surface area contributed by atoms with Gasteiger partial charge in [0.1, 0.15) is 17.2 Å². The molecular formula is C18H14F2N2O3. The molecule has 1 aliphatic rings. The van der Waals surface area contributed by atoms with Crippen molar-refractivity contribution in [1.29, 1.82) is 0 Å². The van der Waals surface area contributed by atoms with Crippen LogP contribution in [0.1, 0.15) is 22.8 Å². The summed E-state index contributed by atoms with van der Waals surface area (Å²) in [5.74, 6) is -2.06. The second-order valence-electron chi connectivity index (χ2n) is 5.88. The molecule has 0 spiro atoms.